The molecule has 0 aliphatic heterocycles. The van der Waals surface area contributed by atoms with Crippen molar-refractivity contribution >= 4 is 17.5 Å². The zero-order valence-electron chi connectivity index (χ0n) is 11.4. The third-order valence-electron chi connectivity index (χ3n) is 4.04. The van der Waals surface area contributed by atoms with Gasteiger partial charge in [0, 0.05) is 17.8 Å². The first-order valence-electron chi connectivity index (χ1n) is 6.45. The standard InChI is InChI=1S/C13H17N3O4/c1-8-7-14-11(6-9(8)16(19)20)15-10-4-3-5-13(10,2)12(17)18/h6-7,10H,3-5H2,1-2H3,(H,14,15)(H,17,18). The second-order valence-corrected chi connectivity index (χ2v) is 5.42. The van der Waals surface area contributed by atoms with Gasteiger partial charge in [0.25, 0.3) is 5.69 Å². The van der Waals surface area contributed by atoms with Crippen molar-refractivity contribution in [3.8, 4) is 0 Å². The summed E-state index contributed by atoms with van der Waals surface area (Å²) in [7, 11) is 0. The fourth-order valence-electron chi connectivity index (χ4n) is 2.62. The summed E-state index contributed by atoms with van der Waals surface area (Å²) in [6.07, 6.45) is 3.54. The maximum Gasteiger partial charge on any atom is 0.311 e. The van der Waals surface area contributed by atoms with Crippen LogP contribution in [0.5, 0.6) is 0 Å². The molecule has 1 heterocycles. The maximum atomic E-state index is 11.4. The molecular formula is C13H17N3O4. The van der Waals surface area contributed by atoms with Crippen LogP contribution in [-0.2, 0) is 4.79 Å². The van der Waals surface area contributed by atoms with E-state index in [-0.39, 0.29) is 11.7 Å². The third kappa shape index (κ3) is 2.43. The lowest BCUT2D eigenvalue weighted by Crippen LogP contribution is -2.40. The molecule has 1 aromatic heterocycles. The molecule has 2 rings (SSSR count). The van der Waals surface area contributed by atoms with Crippen molar-refractivity contribution in [3.63, 3.8) is 0 Å². The molecule has 0 bridgehead atoms. The predicted molar refractivity (Wildman–Crippen MR) is 72.6 cm³/mol. The average molecular weight is 279 g/mol. The van der Waals surface area contributed by atoms with Crippen molar-refractivity contribution in [1.29, 1.82) is 0 Å². The van der Waals surface area contributed by atoms with Gasteiger partial charge in [-0.2, -0.15) is 0 Å². The van der Waals surface area contributed by atoms with Gasteiger partial charge in [0.15, 0.2) is 0 Å². The van der Waals surface area contributed by atoms with Gasteiger partial charge >= 0.3 is 5.97 Å². The van der Waals surface area contributed by atoms with Gasteiger partial charge in [-0.25, -0.2) is 4.98 Å². The Morgan fingerprint density at radius 1 is 1.65 bits per heavy atom. The molecule has 108 valence electrons. The van der Waals surface area contributed by atoms with E-state index < -0.39 is 16.3 Å². The van der Waals surface area contributed by atoms with E-state index >= 15 is 0 Å². The highest BCUT2D eigenvalue weighted by molar-refractivity contribution is 5.76. The Hall–Kier alpha value is -2.18. The molecule has 7 nitrogen and oxygen atoms in total. The molecule has 20 heavy (non-hydrogen) atoms. The quantitative estimate of drug-likeness (QED) is 0.647. The summed E-state index contributed by atoms with van der Waals surface area (Å²) in [6.45, 7) is 3.31. The van der Waals surface area contributed by atoms with Crippen LogP contribution in [0.4, 0.5) is 11.5 Å². The number of aliphatic carboxylic acids is 1. The number of carbonyl (C=O) groups is 1. The molecule has 1 aromatic rings. The van der Waals surface area contributed by atoms with Crippen LogP contribution >= 0.6 is 0 Å². The first-order valence-corrected chi connectivity index (χ1v) is 6.45. The van der Waals surface area contributed by atoms with Gasteiger partial charge in [0.05, 0.1) is 16.4 Å². The summed E-state index contributed by atoms with van der Waals surface area (Å²) >= 11 is 0. The number of rotatable bonds is 4. The molecule has 0 amide bonds. The minimum atomic E-state index is -0.860. The van der Waals surface area contributed by atoms with Crippen LogP contribution in [0.2, 0.25) is 0 Å². The van der Waals surface area contributed by atoms with Gasteiger partial charge < -0.3 is 10.4 Å². The van der Waals surface area contributed by atoms with Gasteiger partial charge in [-0.3, -0.25) is 14.9 Å². The summed E-state index contributed by atoms with van der Waals surface area (Å²) < 4.78 is 0. The van der Waals surface area contributed by atoms with Crippen LogP contribution in [0.15, 0.2) is 12.3 Å². The molecule has 1 saturated carbocycles. The van der Waals surface area contributed by atoms with E-state index in [4.69, 9.17) is 0 Å². The number of aryl methyl sites for hydroxylation is 1. The number of hydrogen-bond acceptors (Lipinski definition) is 5. The smallest absolute Gasteiger partial charge is 0.311 e. The van der Waals surface area contributed by atoms with E-state index in [0.717, 1.165) is 6.42 Å². The number of nitrogens with one attached hydrogen (secondary N) is 1. The van der Waals surface area contributed by atoms with Crippen LogP contribution in [0.25, 0.3) is 0 Å². The Balaban J connectivity index is 2.24. The molecule has 1 fully saturated rings. The number of anilines is 1. The molecule has 0 spiro atoms. The van der Waals surface area contributed by atoms with Crippen molar-refractivity contribution < 1.29 is 14.8 Å². The van der Waals surface area contributed by atoms with E-state index in [0.29, 0.717) is 24.2 Å². The molecule has 0 radical (unpaired) electrons. The van der Waals surface area contributed by atoms with Crippen LogP contribution in [0, 0.1) is 22.5 Å². The Kier molecular flexibility index (Phi) is 3.61. The fourth-order valence-corrected chi connectivity index (χ4v) is 2.62. The molecule has 1 aliphatic rings. The van der Waals surface area contributed by atoms with Crippen molar-refractivity contribution in [1.82, 2.24) is 4.98 Å². The second kappa shape index (κ2) is 5.07. The van der Waals surface area contributed by atoms with E-state index in [9.17, 15) is 20.0 Å². The zero-order chi connectivity index (χ0) is 14.9. The van der Waals surface area contributed by atoms with Crippen molar-refractivity contribution in [2.45, 2.75) is 39.2 Å². The average Bonchev–Trinajstić information content (AvgIpc) is 2.74. The molecular weight excluding hydrogens is 262 g/mol. The van der Waals surface area contributed by atoms with E-state index in [1.165, 1.54) is 12.3 Å². The minimum absolute atomic E-state index is 0.0162. The molecule has 0 saturated heterocycles. The summed E-state index contributed by atoms with van der Waals surface area (Å²) in [6, 6.07) is 1.09. The van der Waals surface area contributed by atoms with Gasteiger partial charge in [-0.15, -0.1) is 0 Å². The number of carboxylic acid groups (broad SMARTS) is 1. The normalized spacial score (nSPS) is 25.4. The SMILES string of the molecule is Cc1cnc(NC2CCCC2(C)C(=O)O)cc1[N+](=O)[O-]. The number of carboxylic acids is 1. The number of pyridine rings is 1. The van der Waals surface area contributed by atoms with Gasteiger partial charge in [-0.05, 0) is 26.7 Å². The number of aromatic nitrogens is 1. The maximum absolute atomic E-state index is 11.4. The highest BCUT2D eigenvalue weighted by Crippen LogP contribution is 2.40. The first-order chi connectivity index (χ1) is 9.34. The second-order valence-electron chi connectivity index (χ2n) is 5.42. The topological polar surface area (TPSA) is 105 Å². The number of nitro groups is 1. The largest absolute Gasteiger partial charge is 0.481 e. The zero-order valence-corrected chi connectivity index (χ0v) is 11.4. The Bertz CT molecular complexity index is 561. The highest BCUT2D eigenvalue weighted by atomic mass is 16.6. The van der Waals surface area contributed by atoms with Crippen LogP contribution in [-0.4, -0.2) is 27.0 Å². The lowest BCUT2D eigenvalue weighted by atomic mass is 9.85. The minimum Gasteiger partial charge on any atom is -0.481 e. The lowest BCUT2D eigenvalue weighted by Gasteiger charge is -2.28. The molecule has 2 unspecified atom stereocenters. The first kappa shape index (κ1) is 14.2. The van der Waals surface area contributed by atoms with Crippen LogP contribution in [0.3, 0.4) is 0 Å². The summed E-state index contributed by atoms with van der Waals surface area (Å²) in [5, 5.41) is 23.3. The summed E-state index contributed by atoms with van der Waals surface area (Å²) in [5.74, 6) is -0.504. The molecule has 1 aliphatic carbocycles. The van der Waals surface area contributed by atoms with Gasteiger partial charge in [-0.1, -0.05) is 6.42 Å². The van der Waals surface area contributed by atoms with Gasteiger partial charge in [0.2, 0.25) is 0 Å². The Labute approximate surface area is 116 Å². The highest BCUT2D eigenvalue weighted by Gasteiger charge is 2.45. The fraction of sp³-hybridized carbons (Fsp3) is 0.538. The molecule has 2 atom stereocenters. The monoisotopic (exact) mass is 279 g/mol. The third-order valence-corrected chi connectivity index (χ3v) is 4.04. The van der Waals surface area contributed by atoms with E-state index in [2.05, 4.69) is 10.3 Å². The number of nitrogens with zero attached hydrogens (tertiary/aromatic N) is 2. The van der Waals surface area contributed by atoms with E-state index in [1.807, 2.05) is 0 Å². The van der Waals surface area contributed by atoms with Crippen LogP contribution < -0.4 is 5.32 Å². The molecule has 7 heteroatoms. The Morgan fingerprint density at radius 3 is 2.95 bits per heavy atom. The lowest BCUT2D eigenvalue weighted by molar-refractivity contribution is -0.385. The summed E-state index contributed by atoms with van der Waals surface area (Å²) in [5.41, 5.74) is -0.396. The van der Waals surface area contributed by atoms with E-state index in [1.54, 1.807) is 13.8 Å². The Morgan fingerprint density at radius 2 is 2.35 bits per heavy atom. The van der Waals surface area contributed by atoms with Gasteiger partial charge in [0.1, 0.15) is 5.82 Å². The molecule has 0 aromatic carbocycles. The number of hydrogen-bond donors (Lipinski definition) is 2. The predicted octanol–water partition coefficient (Wildman–Crippen LogP) is 2.35. The van der Waals surface area contributed by atoms with Crippen molar-refractivity contribution in [2.24, 2.45) is 5.41 Å². The van der Waals surface area contributed by atoms with Crippen molar-refractivity contribution in [2.75, 3.05) is 5.32 Å². The van der Waals surface area contributed by atoms with Crippen molar-refractivity contribution in [3.05, 3.63) is 27.9 Å². The van der Waals surface area contributed by atoms with Crippen LogP contribution in [0.1, 0.15) is 31.7 Å². The molecule has 2 N–H and O–H groups in total. The summed E-state index contributed by atoms with van der Waals surface area (Å²) in [4.78, 5) is 25.9.